The molecule has 2 aromatic carbocycles. The van der Waals surface area contributed by atoms with Gasteiger partial charge in [-0.1, -0.05) is 36.4 Å². The molecule has 13 nitrogen and oxygen atoms in total. The summed E-state index contributed by atoms with van der Waals surface area (Å²) in [6, 6.07) is 15.6. The lowest BCUT2D eigenvalue weighted by Crippen LogP contribution is -2.46. The van der Waals surface area contributed by atoms with Crippen molar-refractivity contribution < 1.29 is 41.8 Å². The largest absolute Gasteiger partial charge is 0.462 e. The summed E-state index contributed by atoms with van der Waals surface area (Å²) in [7, 11) is -4.43. The molecular weight excluding hydrogens is 600 g/mol. The summed E-state index contributed by atoms with van der Waals surface area (Å²) in [6.07, 6.45) is -4.27. The molecule has 6 atom stereocenters. The van der Waals surface area contributed by atoms with Gasteiger partial charge in [0.15, 0.2) is 18.0 Å². The molecule has 0 amide bonds. The molecular formula is C29H33FN3O10P. The van der Waals surface area contributed by atoms with E-state index in [-0.39, 0.29) is 11.3 Å². The predicted octanol–water partition coefficient (Wildman–Crippen LogP) is 3.52. The van der Waals surface area contributed by atoms with Gasteiger partial charge in [0, 0.05) is 12.3 Å². The Hall–Kier alpha value is -4.10. The van der Waals surface area contributed by atoms with Crippen molar-refractivity contribution in [3.8, 4) is 5.75 Å². The molecule has 2 heterocycles. The molecule has 15 heteroatoms. The highest BCUT2D eigenvalue weighted by molar-refractivity contribution is 7.52. The summed E-state index contributed by atoms with van der Waals surface area (Å²) < 4.78 is 59.2. The van der Waals surface area contributed by atoms with Crippen LogP contribution in [0.2, 0.25) is 0 Å². The van der Waals surface area contributed by atoms with Crippen LogP contribution in [0.3, 0.4) is 0 Å². The average molecular weight is 634 g/mol. The predicted molar refractivity (Wildman–Crippen MR) is 155 cm³/mol. The smallest absolute Gasteiger partial charge is 0.459 e. The van der Waals surface area contributed by atoms with Gasteiger partial charge in [-0.3, -0.25) is 23.7 Å². The molecule has 1 saturated heterocycles. The second kappa shape index (κ2) is 13.7. The number of aromatic amines is 1. The molecule has 1 aliphatic heterocycles. The van der Waals surface area contributed by atoms with Crippen LogP contribution in [-0.2, 0) is 28.1 Å². The van der Waals surface area contributed by atoms with E-state index in [0.717, 1.165) is 23.8 Å². The van der Waals surface area contributed by atoms with Gasteiger partial charge in [-0.15, -0.1) is 0 Å². The number of carbonyl (C=O) groups excluding carboxylic acids is 2. The van der Waals surface area contributed by atoms with Crippen LogP contribution in [0.15, 0.2) is 82.5 Å². The fourth-order valence-corrected chi connectivity index (χ4v) is 5.91. The second-order valence-electron chi connectivity index (χ2n) is 10.4. The highest BCUT2D eigenvalue weighted by atomic mass is 31.2. The first-order valence-corrected chi connectivity index (χ1v) is 15.2. The van der Waals surface area contributed by atoms with E-state index in [9.17, 15) is 23.7 Å². The number of hydrogen-bond acceptors (Lipinski definition) is 10. The van der Waals surface area contributed by atoms with E-state index >= 15 is 4.39 Å². The number of H-pyrrole nitrogens is 1. The van der Waals surface area contributed by atoms with Gasteiger partial charge >= 0.3 is 25.4 Å². The maximum atomic E-state index is 16.5. The normalized spacial score (nSPS) is 23.5. The molecule has 2 N–H and O–H groups in total. The van der Waals surface area contributed by atoms with Crippen molar-refractivity contribution in [3.05, 3.63) is 99.3 Å². The molecule has 4 rings (SSSR count). The average Bonchev–Trinajstić information content (AvgIpc) is 3.21. The number of hydrogen-bond donors (Lipinski definition) is 2. The Morgan fingerprint density at radius 1 is 1.07 bits per heavy atom. The van der Waals surface area contributed by atoms with Crippen LogP contribution in [0.4, 0.5) is 4.39 Å². The number of benzene rings is 2. The standard InChI is InChI=1S/C29H33FN3O10P/c1-18(2)40-25(35)19(3)32-44(38,43-21-13-9-6-10-14-21)39-17-22-24(42-26(36)20-11-7-5-8-12-20)29(4,30)27(41-22)33-16-15-23(34)31-28(33)37/h5-16,18-19,22,24,27H,17H2,1-4H3,(H,32,38)(H,31,34,37)/t19-,22+,24+,27+,29+,44?/m0/s1. The molecule has 0 radical (unpaired) electrons. The molecule has 1 fully saturated rings. The van der Waals surface area contributed by atoms with E-state index < -0.39 is 73.8 Å². The van der Waals surface area contributed by atoms with Crippen LogP contribution < -0.4 is 20.9 Å². The van der Waals surface area contributed by atoms with E-state index in [1.54, 1.807) is 50.2 Å². The van der Waals surface area contributed by atoms with Gasteiger partial charge < -0.3 is 18.7 Å². The minimum absolute atomic E-state index is 0.116. The first-order valence-electron chi connectivity index (χ1n) is 13.7. The van der Waals surface area contributed by atoms with Gasteiger partial charge in [-0.05, 0) is 52.0 Å². The molecule has 1 unspecified atom stereocenters. The Balaban J connectivity index is 1.64. The lowest BCUT2D eigenvalue weighted by molar-refractivity contribution is -0.149. The maximum Gasteiger partial charge on any atom is 0.459 e. The number of nitrogens with one attached hydrogen (secondary N) is 2. The molecule has 0 spiro atoms. The number of halogens is 1. The van der Waals surface area contributed by atoms with E-state index in [0.29, 0.717) is 0 Å². The van der Waals surface area contributed by atoms with Crippen LogP contribution in [-0.4, -0.2) is 58.1 Å². The fourth-order valence-electron chi connectivity index (χ4n) is 4.40. The molecule has 0 aliphatic carbocycles. The number of nitrogens with zero attached hydrogens (tertiary/aromatic N) is 1. The number of rotatable bonds is 12. The number of alkyl halides is 1. The minimum atomic E-state index is -4.43. The number of para-hydroxylation sites is 1. The summed E-state index contributed by atoms with van der Waals surface area (Å²) in [6.45, 7) is 5.05. The highest BCUT2D eigenvalue weighted by Crippen LogP contribution is 2.48. The number of esters is 2. The van der Waals surface area contributed by atoms with Crippen molar-refractivity contribution in [1.82, 2.24) is 14.6 Å². The Morgan fingerprint density at radius 3 is 2.32 bits per heavy atom. The van der Waals surface area contributed by atoms with Crippen LogP contribution in [0.1, 0.15) is 44.3 Å². The van der Waals surface area contributed by atoms with Crippen LogP contribution >= 0.6 is 7.75 Å². The Morgan fingerprint density at radius 2 is 1.70 bits per heavy atom. The zero-order chi connectivity index (χ0) is 32.1. The third kappa shape index (κ3) is 7.88. The van der Waals surface area contributed by atoms with Crippen molar-refractivity contribution in [1.29, 1.82) is 0 Å². The first-order chi connectivity index (χ1) is 20.8. The number of ether oxygens (including phenoxy) is 3. The summed E-state index contributed by atoms with van der Waals surface area (Å²) >= 11 is 0. The number of aromatic nitrogens is 2. The van der Waals surface area contributed by atoms with Gasteiger partial charge in [0.1, 0.15) is 17.9 Å². The molecule has 0 saturated carbocycles. The lowest BCUT2D eigenvalue weighted by Gasteiger charge is -2.28. The quantitative estimate of drug-likeness (QED) is 0.222. The molecule has 1 aromatic heterocycles. The fraction of sp³-hybridized carbons (Fsp3) is 0.379. The monoisotopic (exact) mass is 633 g/mol. The maximum absolute atomic E-state index is 16.5. The molecule has 0 bridgehead atoms. The molecule has 236 valence electrons. The zero-order valence-electron chi connectivity index (χ0n) is 24.4. The Kier molecular flexibility index (Phi) is 10.2. The van der Waals surface area contributed by atoms with Gasteiger partial charge in [-0.25, -0.2) is 18.5 Å². The number of carbonyl (C=O) groups is 2. The topological polar surface area (TPSA) is 164 Å². The second-order valence-corrected chi connectivity index (χ2v) is 12.1. The van der Waals surface area contributed by atoms with E-state index in [1.165, 1.54) is 31.2 Å². The summed E-state index contributed by atoms with van der Waals surface area (Å²) in [4.78, 5) is 51.7. The molecule has 44 heavy (non-hydrogen) atoms. The Labute approximate surface area is 251 Å². The molecule has 3 aromatic rings. The van der Waals surface area contributed by atoms with Crippen LogP contribution in [0.25, 0.3) is 0 Å². The van der Waals surface area contributed by atoms with Crippen molar-refractivity contribution in [2.24, 2.45) is 0 Å². The Bertz CT molecular complexity index is 1610. The first kappa shape index (κ1) is 32.8. The zero-order valence-corrected chi connectivity index (χ0v) is 25.3. The van der Waals surface area contributed by atoms with Crippen LogP contribution in [0, 0.1) is 0 Å². The summed E-state index contributed by atoms with van der Waals surface area (Å²) in [5.41, 5.74) is -4.14. The SMILES string of the molecule is CC(C)OC(=O)[C@H](C)NP(=O)(OC[C@H]1O[C@@H](n2ccc(=O)[nH]c2=O)[C@](C)(F)[C@@H]1OC(=O)c1ccccc1)Oc1ccccc1. The van der Waals surface area contributed by atoms with Gasteiger partial charge in [0.05, 0.1) is 18.3 Å². The van der Waals surface area contributed by atoms with Crippen molar-refractivity contribution in [2.45, 2.75) is 63.9 Å². The molecule has 1 aliphatic rings. The van der Waals surface area contributed by atoms with Gasteiger partial charge in [-0.2, -0.15) is 5.09 Å². The van der Waals surface area contributed by atoms with Gasteiger partial charge in [0.2, 0.25) is 0 Å². The van der Waals surface area contributed by atoms with E-state index in [2.05, 4.69) is 5.09 Å². The van der Waals surface area contributed by atoms with Crippen molar-refractivity contribution in [2.75, 3.05) is 6.61 Å². The minimum Gasteiger partial charge on any atom is -0.462 e. The summed E-state index contributed by atoms with van der Waals surface area (Å²) in [5.74, 6) is -1.50. The third-order valence-electron chi connectivity index (χ3n) is 6.46. The van der Waals surface area contributed by atoms with E-state index in [4.69, 9.17) is 23.3 Å². The third-order valence-corrected chi connectivity index (χ3v) is 8.11. The highest BCUT2D eigenvalue weighted by Gasteiger charge is 2.58. The van der Waals surface area contributed by atoms with E-state index in [1.807, 2.05) is 4.98 Å². The van der Waals surface area contributed by atoms with Crippen molar-refractivity contribution in [3.63, 3.8) is 0 Å². The summed E-state index contributed by atoms with van der Waals surface area (Å²) in [5, 5.41) is 2.52. The lowest BCUT2D eigenvalue weighted by atomic mass is 9.98. The van der Waals surface area contributed by atoms with Gasteiger partial charge in [0.25, 0.3) is 5.56 Å². The van der Waals surface area contributed by atoms with Crippen molar-refractivity contribution >= 4 is 19.7 Å². The van der Waals surface area contributed by atoms with Crippen LogP contribution in [0.5, 0.6) is 5.75 Å².